The van der Waals surface area contributed by atoms with E-state index in [0.29, 0.717) is 11.7 Å². The van der Waals surface area contributed by atoms with Crippen LogP contribution in [0.2, 0.25) is 5.15 Å². The third-order valence-corrected chi connectivity index (χ3v) is 3.54. The van der Waals surface area contributed by atoms with Gasteiger partial charge in [0.25, 0.3) is 5.91 Å². The van der Waals surface area contributed by atoms with Crippen molar-refractivity contribution in [3.05, 3.63) is 23.2 Å². The predicted octanol–water partition coefficient (Wildman–Crippen LogP) is 1.30. The quantitative estimate of drug-likeness (QED) is 0.811. The number of halogens is 1. The summed E-state index contributed by atoms with van der Waals surface area (Å²) in [6, 6.07) is 0.412. The van der Waals surface area contributed by atoms with Crippen LogP contribution in [-0.4, -0.2) is 58.4 Å². The summed E-state index contributed by atoms with van der Waals surface area (Å²) in [4.78, 5) is 24.3. The van der Waals surface area contributed by atoms with Crippen molar-refractivity contribution < 1.29 is 4.79 Å². The fourth-order valence-electron chi connectivity index (χ4n) is 2.18. The molecule has 0 spiro atoms. The van der Waals surface area contributed by atoms with Gasteiger partial charge in [0.15, 0.2) is 0 Å². The number of carbonyl (C=O) groups is 1. The van der Waals surface area contributed by atoms with Crippen LogP contribution in [0.5, 0.6) is 0 Å². The van der Waals surface area contributed by atoms with Crippen LogP contribution in [0, 0.1) is 0 Å². The van der Waals surface area contributed by atoms with Gasteiger partial charge in [0, 0.05) is 25.7 Å². The van der Waals surface area contributed by atoms with Gasteiger partial charge in [-0.25, -0.2) is 4.98 Å². The van der Waals surface area contributed by atoms with Gasteiger partial charge in [-0.15, -0.1) is 0 Å². The average Bonchev–Trinajstić information content (AvgIpc) is 2.38. The van der Waals surface area contributed by atoms with Crippen LogP contribution in [0.3, 0.4) is 0 Å². The molecule has 2 heterocycles. The van der Waals surface area contributed by atoms with Gasteiger partial charge >= 0.3 is 0 Å². The fourth-order valence-corrected chi connectivity index (χ4v) is 2.33. The lowest BCUT2D eigenvalue weighted by molar-refractivity contribution is 0.0536. The lowest BCUT2D eigenvalue weighted by Crippen LogP contribution is -2.53. The Balaban J connectivity index is 2.10. The Morgan fingerprint density at radius 2 is 2.28 bits per heavy atom. The molecule has 1 aliphatic rings. The van der Waals surface area contributed by atoms with Crippen LogP contribution in [-0.2, 0) is 0 Å². The summed E-state index contributed by atoms with van der Waals surface area (Å²) in [5.74, 6) is -0.0865. The molecule has 0 bridgehead atoms. The summed E-state index contributed by atoms with van der Waals surface area (Å²) >= 11 is 5.75. The standard InChI is InChI=1S/C12H17ClN4O/c1-3-9-8-17(5-4-16(9)2)12(18)10-6-14-7-11(13)15-10/h6-7,9H,3-5,8H2,1-2H3. The molecular weight excluding hydrogens is 252 g/mol. The molecule has 1 amide bonds. The third-order valence-electron chi connectivity index (χ3n) is 3.36. The van der Waals surface area contributed by atoms with Crippen molar-refractivity contribution in [2.45, 2.75) is 19.4 Å². The number of hydrogen-bond acceptors (Lipinski definition) is 4. The molecule has 0 aromatic carbocycles. The second-order valence-corrected chi connectivity index (χ2v) is 4.91. The van der Waals surface area contributed by atoms with E-state index in [4.69, 9.17) is 11.6 Å². The smallest absolute Gasteiger partial charge is 0.274 e. The second-order valence-electron chi connectivity index (χ2n) is 4.52. The highest BCUT2D eigenvalue weighted by atomic mass is 35.5. The van der Waals surface area contributed by atoms with E-state index in [1.165, 1.54) is 12.4 Å². The van der Waals surface area contributed by atoms with Gasteiger partial charge in [-0.05, 0) is 13.5 Å². The molecule has 5 nitrogen and oxygen atoms in total. The van der Waals surface area contributed by atoms with Gasteiger partial charge in [-0.1, -0.05) is 18.5 Å². The minimum Gasteiger partial charge on any atom is -0.334 e. The summed E-state index contributed by atoms with van der Waals surface area (Å²) in [5, 5.41) is 0.252. The Morgan fingerprint density at radius 3 is 2.94 bits per heavy atom. The molecule has 1 aromatic heterocycles. The molecule has 18 heavy (non-hydrogen) atoms. The number of likely N-dealkylation sites (N-methyl/N-ethyl adjacent to an activating group) is 1. The highest BCUT2D eigenvalue weighted by molar-refractivity contribution is 6.29. The van der Waals surface area contributed by atoms with E-state index < -0.39 is 0 Å². The molecule has 0 saturated carbocycles. The number of aromatic nitrogens is 2. The topological polar surface area (TPSA) is 49.3 Å². The van der Waals surface area contributed by atoms with Gasteiger partial charge in [0.2, 0.25) is 0 Å². The first-order valence-corrected chi connectivity index (χ1v) is 6.46. The first-order chi connectivity index (χ1) is 8.61. The number of piperazine rings is 1. The Labute approximate surface area is 112 Å². The van der Waals surface area contributed by atoms with Crippen LogP contribution >= 0.6 is 11.6 Å². The van der Waals surface area contributed by atoms with Crippen LogP contribution < -0.4 is 0 Å². The Bertz CT molecular complexity index is 440. The molecule has 2 rings (SSSR count). The molecule has 0 N–H and O–H groups in total. The summed E-state index contributed by atoms with van der Waals surface area (Å²) in [7, 11) is 2.09. The normalized spacial score (nSPS) is 21.1. The highest BCUT2D eigenvalue weighted by Crippen LogP contribution is 2.13. The maximum Gasteiger partial charge on any atom is 0.274 e. The van der Waals surface area contributed by atoms with Crippen LogP contribution in [0.15, 0.2) is 12.4 Å². The molecule has 0 radical (unpaired) electrons. The monoisotopic (exact) mass is 268 g/mol. The van der Waals surface area contributed by atoms with Crippen LogP contribution in [0.1, 0.15) is 23.8 Å². The zero-order chi connectivity index (χ0) is 13.1. The third kappa shape index (κ3) is 2.79. The largest absolute Gasteiger partial charge is 0.334 e. The van der Waals surface area contributed by atoms with Gasteiger partial charge < -0.3 is 4.90 Å². The number of amides is 1. The van der Waals surface area contributed by atoms with E-state index in [-0.39, 0.29) is 11.1 Å². The van der Waals surface area contributed by atoms with E-state index in [0.717, 1.165) is 26.1 Å². The molecule has 1 aliphatic heterocycles. The molecule has 1 saturated heterocycles. The zero-order valence-corrected chi connectivity index (χ0v) is 11.4. The van der Waals surface area contributed by atoms with Crippen molar-refractivity contribution in [3.8, 4) is 0 Å². The summed E-state index contributed by atoms with van der Waals surface area (Å²) < 4.78 is 0. The Hall–Kier alpha value is -1.20. The van der Waals surface area contributed by atoms with Gasteiger partial charge in [0.05, 0.1) is 12.4 Å². The van der Waals surface area contributed by atoms with E-state index >= 15 is 0 Å². The molecule has 0 aliphatic carbocycles. The average molecular weight is 269 g/mol. The molecule has 6 heteroatoms. The number of rotatable bonds is 2. The van der Waals surface area contributed by atoms with Gasteiger partial charge in [-0.2, -0.15) is 0 Å². The maximum atomic E-state index is 12.3. The van der Waals surface area contributed by atoms with Crippen molar-refractivity contribution in [2.24, 2.45) is 0 Å². The molecule has 1 aromatic rings. The van der Waals surface area contributed by atoms with E-state index in [9.17, 15) is 4.79 Å². The van der Waals surface area contributed by atoms with Crippen LogP contribution in [0.4, 0.5) is 0 Å². The molecule has 1 atom stereocenters. The van der Waals surface area contributed by atoms with Gasteiger partial charge in [-0.3, -0.25) is 14.7 Å². The van der Waals surface area contributed by atoms with Crippen molar-refractivity contribution >= 4 is 17.5 Å². The van der Waals surface area contributed by atoms with Crippen molar-refractivity contribution in [1.82, 2.24) is 19.8 Å². The Kier molecular flexibility index (Phi) is 4.14. The first kappa shape index (κ1) is 13.2. The minimum absolute atomic E-state index is 0.0865. The number of nitrogens with zero attached hydrogens (tertiary/aromatic N) is 4. The van der Waals surface area contributed by atoms with Crippen molar-refractivity contribution in [2.75, 3.05) is 26.7 Å². The molecular formula is C12H17ClN4O. The van der Waals surface area contributed by atoms with E-state index in [1.54, 1.807) is 0 Å². The first-order valence-electron chi connectivity index (χ1n) is 6.09. The lowest BCUT2D eigenvalue weighted by atomic mass is 10.1. The zero-order valence-electron chi connectivity index (χ0n) is 10.6. The van der Waals surface area contributed by atoms with E-state index in [1.807, 2.05) is 4.90 Å². The summed E-state index contributed by atoms with van der Waals surface area (Å²) in [6.45, 7) is 4.48. The molecule has 1 fully saturated rings. The number of carbonyl (C=O) groups excluding carboxylic acids is 1. The lowest BCUT2D eigenvalue weighted by Gasteiger charge is -2.38. The van der Waals surface area contributed by atoms with Crippen molar-refractivity contribution in [3.63, 3.8) is 0 Å². The van der Waals surface area contributed by atoms with E-state index in [2.05, 4.69) is 28.8 Å². The summed E-state index contributed by atoms with van der Waals surface area (Å²) in [5.41, 5.74) is 0.321. The fraction of sp³-hybridized carbons (Fsp3) is 0.583. The van der Waals surface area contributed by atoms with Gasteiger partial charge in [0.1, 0.15) is 10.8 Å². The summed E-state index contributed by atoms with van der Waals surface area (Å²) in [6.07, 6.45) is 3.92. The second kappa shape index (κ2) is 5.63. The van der Waals surface area contributed by atoms with Crippen LogP contribution in [0.25, 0.3) is 0 Å². The number of hydrogen-bond donors (Lipinski definition) is 0. The Morgan fingerprint density at radius 1 is 1.50 bits per heavy atom. The molecule has 98 valence electrons. The highest BCUT2D eigenvalue weighted by Gasteiger charge is 2.27. The SMILES string of the molecule is CCC1CN(C(=O)c2cncc(Cl)n2)CCN1C. The predicted molar refractivity (Wildman–Crippen MR) is 69.7 cm³/mol. The molecule has 1 unspecified atom stereocenters. The van der Waals surface area contributed by atoms with Crippen molar-refractivity contribution in [1.29, 1.82) is 0 Å². The maximum absolute atomic E-state index is 12.3. The minimum atomic E-state index is -0.0865.